The molecule has 4 atom stereocenters. The smallest absolute Gasteiger partial charge is 0.326 e. The number of carbonyl (C=O) groups excluding carboxylic acids is 3. The molecule has 42 heavy (non-hydrogen) atoms. The Morgan fingerprint density at radius 3 is 1.55 bits per heavy atom. The van der Waals surface area contributed by atoms with Gasteiger partial charge in [0.2, 0.25) is 17.7 Å². The van der Waals surface area contributed by atoms with E-state index in [-0.39, 0.29) is 36.5 Å². The predicted molar refractivity (Wildman–Crippen MR) is 159 cm³/mol. The van der Waals surface area contributed by atoms with Crippen molar-refractivity contribution in [1.82, 2.24) is 16.0 Å². The van der Waals surface area contributed by atoms with E-state index in [2.05, 4.69) is 28.6 Å². The number of amides is 3. The number of carbonyl (C=O) groups is 4. The lowest BCUT2D eigenvalue weighted by Gasteiger charge is -2.25. The second-order valence-corrected chi connectivity index (χ2v) is 10.1. The van der Waals surface area contributed by atoms with E-state index in [0.717, 1.165) is 5.56 Å². The van der Waals surface area contributed by atoms with Crippen molar-refractivity contribution in [2.24, 2.45) is 5.73 Å². The predicted octanol–water partition coefficient (Wildman–Crippen LogP) is 0.922. The van der Waals surface area contributed by atoms with E-state index in [4.69, 9.17) is 5.73 Å². The van der Waals surface area contributed by atoms with Gasteiger partial charge in [0.05, 0.1) is 6.04 Å². The third kappa shape index (κ3) is 9.82. The fourth-order valence-electron chi connectivity index (χ4n) is 4.12. The summed E-state index contributed by atoms with van der Waals surface area (Å²) in [6.07, 6.45) is 0.197. The number of hydrogen-bond donors (Lipinski definition) is 8. The average molecular weight is 595 g/mol. The van der Waals surface area contributed by atoms with E-state index in [1.165, 1.54) is 36.4 Å². The van der Waals surface area contributed by atoms with Crippen molar-refractivity contribution in [3.8, 4) is 11.5 Å². The second kappa shape index (κ2) is 15.5. The van der Waals surface area contributed by atoms with Gasteiger partial charge in [-0.25, -0.2) is 4.79 Å². The minimum atomic E-state index is -1.31. The Morgan fingerprint density at radius 1 is 0.619 bits per heavy atom. The summed E-state index contributed by atoms with van der Waals surface area (Å²) in [5.74, 6) is -3.46. The maximum atomic E-state index is 13.4. The summed E-state index contributed by atoms with van der Waals surface area (Å²) in [5.41, 5.74) is 8.15. The first-order valence-corrected chi connectivity index (χ1v) is 13.8. The molecule has 0 aliphatic heterocycles. The molecule has 11 nitrogen and oxygen atoms in total. The molecule has 0 saturated heterocycles. The second-order valence-electron chi connectivity index (χ2n) is 9.74. The molecule has 3 amide bonds. The summed E-state index contributed by atoms with van der Waals surface area (Å²) in [6.45, 7) is 0. The number of hydrogen-bond acceptors (Lipinski definition) is 8. The van der Waals surface area contributed by atoms with Crippen LogP contribution >= 0.6 is 12.6 Å². The monoisotopic (exact) mass is 594 g/mol. The Bertz CT molecular complexity index is 1350. The molecule has 4 unspecified atom stereocenters. The Balaban J connectivity index is 1.71. The van der Waals surface area contributed by atoms with Crippen molar-refractivity contribution < 1.29 is 34.5 Å². The lowest BCUT2D eigenvalue weighted by Crippen LogP contribution is -2.58. The van der Waals surface area contributed by atoms with Gasteiger partial charge in [0, 0.05) is 18.6 Å². The molecule has 0 aromatic heterocycles. The van der Waals surface area contributed by atoms with Crippen molar-refractivity contribution in [1.29, 1.82) is 0 Å². The highest BCUT2D eigenvalue weighted by Gasteiger charge is 2.30. The van der Waals surface area contributed by atoms with Gasteiger partial charge in [-0.3, -0.25) is 14.4 Å². The number of thiol groups is 1. The number of rotatable bonds is 14. The molecular weight excluding hydrogens is 560 g/mol. The molecule has 3 aromatic carbocycles. The number of nitrogens with two attached hydrogens (primary N) is 1. The van der Waals surface area contributed by atoms with E-state index in [9.17, 15) is 34.5 Å². The van der Waals surface area contributed by atoms with Gasteiger partial charge >= 0.3 is 5.97 Å². The quantitative estimate of drug-likeness (QED) is 0.126. The van der Waals surface area contributed by atoms with Gasteiger partial charge < -0.3 is 37.0 Å². The third-order valence-corrected chi connectivity index (χ3v) is 6.82. The highest BCUT2D eigenvalue weighted by atomic mass is 32.1. The summed E-state index contributed by atoms with van der Waals surface area (Å²) in [4.78, 5) is 51.2. The van der Waals surface area contributed by atoms with Crippen LogP contribution in [0.1, 0.15) is 16.7 Å². The summed E-state index contributed by atoms with van der Waals surface area (Å²) in [6, 6.07) is 16.5. The fraction of sp³-hybridized carbons (Fsp3) is 0.267. The molecule has 3 rings (SSSR count). The van der Waals surface area contributed by atoms with Crippen LogP contribution in [0.3, 0.4) is 0 Å². The SMILES string of the molecule is NC(Cc1ccccc1)C(=O)NC(Cc1ccc(O)cc1)C(=O)NC(CS)C(=O)NC(Cc1ccc(O)cc1)C(=O)O. The number of aliphatic carboxylic acids is 1. The number of benzene rings is 3. The fourth-order valence-corrected chi connectivity index (χ4v) is 4.38. The van der Waals surface area contributed by atoms with Gasteiger partial charge in [0.1, 0.15) is 29.6 Å². The number of aromatic hydroxyl groups is 2. The van der Waals surface area contributed by atoms with Gasteiger partial charge in [-0.2, -0.15) is 12.6 Å². The summed E-state index contributed by atoms with van der Waals surface area (Å²) >= 11 is 4.17. The molecule has 222 valence electrons. The standard InChI is InChI=1S/C30H34N4O7S/c31-23(14-18-4-2-1-3-5-18)27(37)32-24(15-19-6-10-21(35)11-7-19)28(38)34-26(17-42)29(39)33-25(30(40)41)16-20-8-12-22(36)13-9-20/h1-13,23-26,35-36,42H,14-17,31H2,(H,32,37)(H,33,39)(H,34,38)(H,40,41). The zero-order valence-corrected chi connectivity index (χ0v) is 23.5. The van der Waals surface area contributed by atoms with Gasteiger partial charge in [-0.1, -0.05) is 54.6 Å². The highest BCUT2D eigenvalue weighted by Crippen LogP contribution is 2.13. The van der Waals surface area contributed by atoms with Crippen molar-refractivity contribution in [2.75, 3.05) is 5.75 Å². The molecule has 0 heterocycles. The van der Waals surface area contributed by atoms with Crippen molar-refractivity contribution in [3.63, 3.8) is 0 Å². The first-order valence-electron chi connectivity index (χ1n) is 13.2. The molecule has 0 aliphatic rings. The summed E-state index contributed by atoms with van der Waals surface area (Å²) < 4.78 is 0. The first-order chi connectivity index (χ1) is 20.0. The zero-order chi connectivity index (χ0) is 30.6. The maximum absolute atomic E-state index is 13.4. The van der Waals surface area contributed by atoms with Crippen molar-refractivity contribution >= 4 is 36.3 Å². The van der Waals surface area contributed by atoms with E-state index < -0.39 is 47.9 Å². The average Bonchev–Trinajstić information content (AvgIpc) is 2.97. The van der Waals surface area contributed by atoms with E-state index >= 15 is 0 Å². The Morgan fingerprint density at radius 2 is 1.05 bits per heavy atom. The summed E-state index contributed by atoms with van der Waals surface area (Å²) in [5, 5.41) is 36.3. The molecule has 0 saturated carbocycles. The number of carboxylic acids is 1. The molecule has 3 aromatic rings. The molecule has 0 fully saturated rings. The number of carboxylic acid groups (broad SMARTS) is 1. The molecule has 0 radical (unpaired) electrons. The van der Waals surface area contributed by atoms with Crippen LogP contribution in [0.2, 0.25) is 0 Å². The summed E-state index contributed by atoms with van der Waals surface area (Å²) in [7, 11) is 0. The van der Waals surface area contributed by atoms with E-state index in [1.54, 1.807) is 12.1 Å². The Hall–Kier alpha value is -4.55. The zero-order valence-electron chi connectivity index (χ0n) is 22.6. The molecule has 12 heteroatoms. The van der Waals surface area contributed by atoms with Crippen LogP contribution in [-0.4, -0.2) is 68.9 Å². The van der Waals surface area contributed by atoms with Crippen molar-refractivity contribution in [3.05, 3.63) is 95.6 Å². The maximum Gasteiger partial charge on any atom is 0.326 e. The lowest BCUT2D eigenvalue weighted by atomic mass is 10.0. The number of nitrogens with one attached hydrogen (secondary N) is 3. The van der Waals surface area contributed by atoms with Crippen LogP contribution in [0.15, 0.2) is 78.9 Å². The van der Waals surface area contributed by atoms with E-state index in [1.807, 2.05) is 30.3 Å². The Kier molecular flexibility index (Phi) is 11.8. The van der Waals surface area contributed by atoms with Gasteiger partial charge in [-0.05, 0) is 47.4 Å². The van der Waals surface area contributed by atoms with Crippen LogP contribution in [0.25, 0.3) is 0 Å². The minimum Gasteiger partial charge on any atom is -0.508 e. The van der Waals surface area contributed by atoms with Crippen LogP contribution in [0.5, 0.6) is 11.5 Å². The minimum absolute atomic E-state index is 0.0162. The van der Waals surface area contributed by atoms with E-state index in [0.29, 0.717) is 11.1 Å². The molecule has 0 spiro atoms. The topological polar surface area (TPSA) is 191 Å². The van der Waals surface area contributed by atoms with Gasteiger partial charge in [0.25, 0.3) is 0 Å². The first kappa shape index (κ1) is 32.0. The molecule has 0 aliphatic carbocycles. The van der Waals surface area contributed by atoms with Crippen LogP contribution in [0, 0.1) is 0 Å². The third-order valence-electron chi connectivity index (χ3n) is 6.45. The largest absolute Gasteiger partial charge is 0.508 e. The highest BCUT2D eigenvalue weighted by molar-refractivity contribution is 7.80. The molecule has 8 N–H and O–H groups in total. The molecular formula is C30H34N4O7S. The molecule has 0 bridgehead atoms. The van der Waals surface area contributed by atoms with Crippen LogP contribution in [-0.2, 0) is 38.4 Å². The van der Waals surface area contributed by atoms with Crippen molar-refractivity contribution in [2.45, 2.75) is 43.4 Å². The van der Waals surface area contributed by atoms with Gasteiger partial charge in [-0.15, -0.1) is 0 Å². The number of phenols is 2. The lowest BCUT2D eigenvalue weighted by molar-refractivity contribution is -0.142. The Labute approximate surface area is 248 Å². The number of phenolic OH excluding ortho intramolecular Hbond substituents is 2. The van der Waals surface area contributed by atoms with Gasteiger partial charge in [0.15, 0.2) is 0 Å². The van der Waals surface area contributed by atoms with Crippen LogP contribution in [0.4, 0.5) is 0 Å². The normalized spacial score (nSPS) is 13.7. The van der Waals surface area contributed by atoms with Crippen LogP contribution < -0.4 is 21.7 Å².